The molecule has 0 spiro atoms. The molecule has 0 saturated carbocycles. The zero-order valence-electron chi connectivity index (χ0n) is 18.1. The van der Waals surface area contributed by atoms with E-state index in [9.17, 15) is 21.6 Å². The summed E-state index contributed by atoms with van der Waals surface area (Å²) in [4.78, 5) is 7.99. The molecule has 0 radical (unpaired) electrons. The summed E-state index contributed by atoms with van der Waals surface area (Å²) in [6.07, 6.45) is -2.19. The summed E-state index contributed by atoms with van der Waals surface area (Å²) in [5.41, 5.74) is 0.0472. The summed E-state index contributed by atoms with van der Waals surface area (Å²) in [6, 6.07) is 7.31. The maximum Gasteiger partial charge on any atom is 0.416 e. The first-order chi connectivity index (χ1) is 15.9. The number of rotatable bonds is 7. The van der Waals surface area contributed by atoms with Gasteiger partial charge in [0.1, 0.15) is 0 Å². The first-order valence-corrected chi connectivity index (χ1v) is 11.6. The van der Waals surface area contributed by atoms with Crippen molar-refractivity contribution in [1.82, 2.24) is 14.7 Å². The van der Waals surface area contributed by atoms with E-state index in [1.54, 1.807) is 13.8 Å². The lowest BCUT2D eigenvalue weighted by Crippen LogP contribution is -2.34. The number of nitrogens with one attached hydrogen (secondary N) is 2. The highest BCUT2D eigenvalue weighted by Crippen LogP contribution is 2.31. The minimum atomic E-state index is -4.43. The molecule has 1 aromatic carbocycles. The van der Waals surface area contributed by atoms with Gasteiger partial charge in [0.25, 0.3) is 16.0 Å². The molecular formula is C21H21F3N4O5S. The Morgan fingerprint density at radius 1 is 1.09 bits per heavy atom. The second kappa shape index (κ2) is 8.98. The summed E-state index contributed by atoms with van der Waals surface area (Å²) < 4.78 is 82.0. The lowest BCUT2D eigenvalue weighted by Gasteiger charge is -2.17. The first kappa shape index (κ1) is 24.1. The van der Waals surface area contributed by atoms with Gasteiger partial charge in [-0.15, -0.1) is 0 Å². The van der Waals surface area contributed by atoms with Gasteiger partial charge >= 0.3 is 6.18 Å². The Morgan fingerprint density at radius 2 is 1.82 bits per heavy atom. The standard InChI is InChI=1S/C21H21F3N4O5S/c1-20(2)31-12-16(33-20)10-27-34(29,30)18-8-7-15(9-25-18)28-19-26-11-17(32-19)13-3-5-14(6-4-13)21(22,23)24/h3-9,11,16,27H,10,12H2,1-2H3,(H,26,28). The Balaban J connectivity index is 1.37. The van der Waals surface area contributed by atoms with Gasteiger partial charge in [0, 0.05) is 12.1 Å². The quantitative estimate of drug-likeness (QED) is 0.504. The topological polar surface area (TPSA) is 116 Å². The zero-order valence-corrected chi connectivity index (χ0v) is 18.9. The molecule has 1 fully saturated rings. The molecule has 9 nitrogen and oxygen atoms in total. The van der Waals surface area contributed by atoms with Crippen molar-refractivity contribution in [3.05, 3.63) is 54.4 Å². The Labute approximate surface area is 193 Å². The van der Waals surface area contributed by atoms with Crippen LogP contribution < -0.4 is 10.0 Å². The number of sulfonamides is 1. The number of hydrogen-bond donors (Lipinski definition) is 2. The molecule has 0 aliphatic carbocycles. The number of halogens is 3. The van der Waals surface area contributed by atoms with E-state index < -0.39 is 33.7 Å². The van der Waals surface area contributed by atoms with Crippen molar-refractivity contribution in [2.45, 2.75) is 36.9 Å². The fraction of sp³-hybridized carbons (Fsp3) is 0.333. The molecule has 3 heterocycles. The van der Waals surface area contributed by atoms with Crippen LogP contribution in [-0.2, 0) is 25.7 Å². The largest absolute Gasteiger partial charge is 0.423 e. The number of nitrogens with zero attached hydrogens (tertiary/aromatic N) is 2. The molecule has 1 aliphatic rings. The van der Waals surface area contributed by atoms with E-state index in [1.165, 1.54) is 36.7 Å². The Kier molecular flexibility index (Phi) is 6.38. The summed E-state index contributed by atoms with van der Waals surface area (Å²) in [6.45, 7) is 3.80. The van der Waals surface area contributed by atoms with E-state index in [0.29, 0.717) is 11.3 Å². The molecule has 1 unspecified atom stereocenters. The Hall–Kier alpha value is -3.00. The third kappa shape index (κ3) is 5.73. The van der Waals surface area contributed by atoms with Gasteiger partial charge in [0.05, 0.1) is 36.4 Å². The van der Waals surface area contributed by atoms with Crippen LogP contribution in [0.3, 0.4) is 0 Å². The van der Waals surface area contributed by atoms with Crippen molar-refractivity contribution < 1.29 is 35.5 Å². The van der Waals surface area contributed by atoms with Crippen LogP contribution in [-0.4, -0.2) is 43.4 Å². The van der Waals surface area contributed by atoms with Gasteiger partial charge in [-0.1, -0.05) is 12.1 Å². The second-order valence-corrected chi connectivity index (χ2v) is 9.63. The van der Waals surface area contributed by atoms with E-state index >= 15 is 0 Å². The summed E-state index contributed by atoms with van der Waals surface area (Å²) >= 11 is 0. The van der Waals surface area contributed by atoms with Crippen LogP contribution >= 0.6 is 0 Å². The molecule has 4 rings (SSSR count). The van der Waals surface area contributed by atoms with E-state index in [-0.39, 0.29) is 30.0 Å². The van der Waals surface area contributed by atoms with Crippen molar-refractivity contribution in [3.8, 4) is 11.3 Å². The van der Waals surface area contributed by atoms with Crippen LogP contribution in [0, 0.1) is 0 Å². The molecule has 0 amide bonds. The van der Waals surface area contributed by atoms with Gasteiger partial charge in [-0.3, -0.25) is 0 Å². The lowest BCUT2D eigenvalue weighted by atomic mass is 10.1. The fourth-order valence-corrected chi connectivity index (χ4v) is 4.16. The van der Waals surface area contributed by atoms with Crippen LogP contribution in [0.25, 0.3) is 11.3 Å². The molecule has 34 heavy (non-hydrogen) atoms. The van der Waals surface area contributed by atoms with Gasteiger partial charge < -0.3 is 19.2 Å². The lowest BCUT2D eigenvalue weighted by molar-refractivity contribution is -0.138. The third-order valence-electron chi connectivity index (χ3n) is 4.83. The van der Waals surface area contributed by atoms with E-state index in [1.807, 2.05) is 0 Å². The highest BCUT2D eigenvalue weighted by Gasteiger charge is 2.33. The maximum absolute atomic E-state index is 12.7. The maximum atomic E-state index is 12.7. The predicted octanol–water partition coefficient (Wildman–Crippen LogP) is 3.93. The van der Waals surface area contributed by atoms with Crippen molar-refractivity contribution in [3.63, 3.8) is 0 Å². The van der Waals surface area contributed by atoms with Gasteiger partial charge in [0.2, 0.25) is 0 Å². The summed E-state index contributed by atoms with van der Waals surface area (Å²) in [5.74, 6) is -0.498. The third-order valence-corrected chi connectivity index (χ3v) is 6.17. The fourth-order valence-electron chi connectivity index (χ4n) is 3.17. The minimum absolute atomic E-state index is 0.0382. The summed E-state index contributed by atoms with van der Waals surface area (Å²) in [7, 11) is -3.86. The van der Waals surface area contributed by atoms with Gasteiger partial charge in [0.15, 0.2) is 16.6 Å². The predicted molar refractivity (Wildman–Crippen MR) is 115 cm³/mol. The van der Waals surface area contributed by atoms with Crippen molar-refractivity contribution in [2.75, 3.05) is 18.5 Å². The normalized spacial score (nSPS) is 18.2. The molecule has 2 N–H and O–H groups in total. The molecule has 0 bridgehead atoms. The van der Waals surface area contributed by atoms with E-state index in [0.717, 1.165) is 12.1 Å². The Bertz CT molecular complexity index is 1240. The molecule has 13 heteroatoms. The van der Waals surface area contributed by atoms with Crippen LogP contribution in [0.2, 0.25) is 0 Å². The summed E-state index contributed by atoms with van der Waals surface area (Å²) in [5, 5.41) is 2.64. The average Bonchev–Trinajstić information content (AvgIpc) is 3.38. The van der Waals surface area contributed by atoms with Gasteiger partial charge in [-0.05, 0) is 38.1 Å². The number of alkyl halides is 3. The number of aromatic nitrogens is 2. The van der Waals surface area contributed by atoms with Crippen molar-refractivity contribution in [2.24, 2.45) is 0 Å². The smallest absolute Gasteiger partial charge is 0.416 e. The highest BCUT2D eigenvalue weighted by atomic mass is 32.2. The van der Waals surface area contributed by atoms with Crippen LogP contribution in [0.15, 0.2) is 58.2 Å². The molecule has 1 aliphatic heterocycles. The van der Waals surface area contributed by atoms with E-state index in [4.69, 9.17) is 13.9 Å². The number of ether oxygens (including phenoxy) is 2. The zero-order chi connectivity index (χ0) is 24.6. The minimum Gasteiger partial charge on any atom is -0.423 e. The van der Waals surface area contributed by atoms with E-state index in [2.05, 4.69) is 20.0 Å². The van der Waals surface area contributed by atoms with Crippen LogP contribution in [0.5, 0.6) is 0 Å². The molecule has 1 saturated heterocycles. The van der Waals surface area contributed by atoms with Crippen LogP contribution in [0.1, 0.15) is 19.4 Å². The molecule has 2 aromatic heterocycles. The Morgan fingerprint density at radius 3 is 2.41 bits per heavy atom. The molecule has 182 valence electrons. The average molecular weight is 498 g/mol. The molecule has 1 atom stereocenters. The SMILES string of the molecule is CC1(C)OCC(CNS(=O)(=O)c2ccc(Nc3ncc(-c4ccc(C(F)(F)F)cc4)o3)cn2)O1. The number of oxazole rings is 1. The van der Waals surface area contributed by atoms with Crippen LogP contribution in [0.4, 0.5) is 24.9 Å². The highest BCUT2D eigenvalue weighted by molar-refractivity contribution is 7.89. The van der Waals surface area contributed by atoms with Gasteiger partial charge in [-0.2, -0.15) is 13.2 Å². The number of hydrogen-bond acceptors (Lipinski definition) is 8. The number of pyridine rings is 1. The molecular weight excluding hydrogens is 477 g/mol. The monoisotopic (exact) mass is 498 g/mol. The number of benzene rings is 1. The number of anilines is 2. The van der Waals surface area contributed by atoms with Gasteiger partial charge in [-0.25, -0.2) is 23.1 Å². The first-order valence-electron chi connectivity index (χ1n) is 10.1. The molecule has 3 aromatic rings. The van der Waals surface area contributed by atoms with Crippen molar-refractivity contribution in [1.29, 1.82) is 0 Å². The second-order valence-electron chi connectivity index (χ2n) is 7.92. The van der Waals surface area contributed by atoms with Crippen molar-refractivity contribution >= 4 is 21.7 Å².